The molecule has 11 heteroatoms. The molecule has 36 heavy (non-hydrogen) atoms. The van der Waals surface area contributed by atoms with E-state index in [2.05, 4.69) is 19.7 Å². The van der Waals surface area contributed by atoms with Gasteiger partial charge in [0.05, 0.1) is 10.6 Å². The number of ether oxygens (including phenoxy) is 1. The van der Waals surface area contributed by atoms with E-state index in [0.29, 0.717) is 22.2 Å². The third-order valence-electron chi connectivity index (χ3n) is 5.37. The average Bonchev–Trinajstić information content (AvgIpc) is 2.90. The number of fused-ring (bicyclic) bond motifs is 1. The SMILES string of the molecule is CN=C(Cc1ccc(F)cc1)OC(=N)c1nc(-c2cccc(S(=O)(=O)NC)c2)c2cccnc2c1O. The molecule has 0 saturated heterocycles. The van der Waals surface area contributed by atoms with Gasteiger partial charge in [0.25, 0.3) is 0 Å². The number of nitrogens with one attached hydrogen (secondary N) is 2. The Bertz CT molecular complexity index is 1590. The number of hydrogen-bond acceptors (Lipinski definition) is 8. The number of aliphatic imine (C=N–C) groups is 1. The summed E-state index contributed by atoms with van der Waals surface area (Å²) < 4.78 is 45.8. The van der Waals surface area contributed by atoms with Crippen LogP contribution in [0.4, 0.5) is 4.39 Å². The highest BCUT2D eigenvalue weighted by Crippen LogP contribution is 2.34. The van der Waals surface area contributed by atoms with E-state index in [9.17, 15) is 17.9 Å². The minimum Gasteiger partial charge on any atom is -0.504 e. The zero-order valence-corrected chi connectivity index (χ0v) is 20.2. The fourth-order valence-corrected chi connectivity index (χ4v) is 4.31. The van der Waals surface area contributed by atoms with Crippen molar-refractivity contribution in [2.24, 2.45) is 4.99 Å². The molecule has 2 aromatic heterocycles. The summed E-state index contributed by atoms with van der Waals surface area (Å²) in [6.07, 6.45) is 1.66. The highest BCUT2D eigenvalue weighted by atomic mass is 32.2. The van der Waals surface area contributed by atoms with Crippen LogP contribution in [-0.2, 0) is 21.2 Å². The Morgan fingerprint density at radius 3 is 2.61 bits per heavy atom. The summed E-state index contributed by atoms with van der Waals surface area (Å²) in [5.74, 6) is -1.07. The van der Waals surface area contributed by atoms with Crippen LogP contribution >= 0.6 is 0 Å². The second kappa shape index (κ2) is 10.2. The first-order valence-electron chi connectivity index (χ1n) is 10.7. The minimum atomic E-state index is -3.72. The van der Waals surface area contributed by atoms with Crippen LogP contribution in [0.1, 0.15) is 11.3 Å². The number of sulfonamides is 1. The lowest BCUT2D eigenvalue weighted by Gasteiger charge is -2.14. The lowest BCUT2D eigenvalue weighted by Crippen LogP contribution is -2.18. The lowest BCUT2D eigenvalue weighted by atomic mass is 10.0. The fraction of sp³-hybridized carbons (Fsp3) is 0.120. The summed E-state index contributed by atoms with van der Waals surface area (Å²) in [4.78, 5) is 12.8. The molecule has 0 aliphatic heterocycles. The number of rotatable bonds is 6. The molecule has 0 amide bonds. The Kier molecular flexibility index (Phi) is 7.04. The van der Waals surface area contributed by atoms with Gasteiger partial charge in [-0.05, 0) is 49.0 Å². The van der Waals surface area contributed by atoms with E-state index in [4.69, 9.17) is 10.1 Å². The Morgan fingerprint density at radius 1 is 1.17 bits per heavy atom. The molecule has 3 N–H and O–H groups in total. The van der Waals surface area contributed by atoms with Gasteiger partial charge in [0.15, 0.2) is 17.3 Å². The van der Waals surface area contributed by atoms with E-state index in [-0.39, 0.29) is 40.0 Å². The number of halogens is 1. The number of pyridine rings is 2. The third kappa shape index (κ3) is 5.07. The largest absolute Gasteiger partial charge is 0.504 e. The van der Waals surface area contributed by atoms with Crippen molar-refractivity contribution in [2.75, 3.05) is 14.1 Å². The van der Waals surface area contributed by atoms with E-state index < -0.39 is 15.9 Å². The molecule has 0 unspecified atom stereocenters. The molecule has 0 saturated carbocycles. The van der Waals surface area contributed by atoms with Crippen molar-refractivity contribution in [1.82, 2.24) is 14.7 Å². The van der Waals surface area contributed by atoms with E-state index in [1.807, 2.05) is 0 Å². The average molecular weight is 508 g/mol. The van der Waals surface area contributed by atoms with Gasteiger partial charge in [0.1, 0.15) is 11.3 Å². The number of benzene rings is 2. The van der Waals surface area contributed by atoms with Crippen LogP contribution in [0.3, 0.4) is 0 Å². The van der Waals surface area contributed by atoms with Gasteiger partial charge >= 0.3 is 0 Å². The van der Waals surface area contributed by atoms with E-state index in [1.54, 1.807) is 36.4 Å². The van der Waals surface area contributed by atoms with Gasteiger partial charge in [-0.15, -0.1) is 0 Å². The maximum atomic E-state index is 13.2. The summed E-state index contributed by atoms with van der Waals surface area (Å²) in [5.41, 5.74) is 1.43. The Hall–Kier alpha value is -4.22. The highest BCUT2D eigenvalue weighted by Gasteiger charge is 2.22. The van der Waals surface area contributed by atoms with Crippen LogP contribution in [0.5, 0.6) is 5.75 Å². The van der Waals surface area contributed by atoms with Crippen molar-refractivity contribution in [3.8, 4) is 17.0 Å². The van der Waals surface area contributed by atoms with Crippen LogP contribution in [0.2, 0.25) is 0 Å². The molecular formula is C25H22FN5O4S. The van der Waals surface area contributed by atoms with Gasteiger partial charge in [0.2, 0.25) is 15.9 Å². The maximum Gasteiger partial charge on any atom is 0.243 e. The molecule has 2 heterocycles. The molecule has 2 aromatic carbocycles. The van der Waals surface area contributed by atoms with Gasteiger partial charge in [0, 0.05) is 30.6 Å². The number of hydrogen-bond donors (Lipinski definition) is 3. The first-order chi connectivity index (χ1) is 17.2. The topological polar surface area (TPSA) is 138 Å². The van der Waals surface area contributed by atoms with Crippen molar-refractivity contribution in [3.63, 3.8) is 0 Å². The molecule has 4 aromatic rings. The molecule has 4 rings (SSSR count). The lowest BCUT2D eigenvalue weighted by molar-refractivity contribution is 0.467. The predicted octanol–water partition coefficient (Wildman–Crippen LogP) is 3.66. The van der Waals surface area contributed by atoms with E-state index in [1.165, 1.54) is 44.6 Å². The molecular weight excluding hydrogens is 485 g/mol. The van der Waals surface area contributed by atoms with Gasteiger partial charge in [-0.1, -0.05) is 24.3 Å². The number of nitrogens with zero attached hydrogens (tertiary/aromatic N) is 3. The number of aromatic nitrogens is 2. The van der Waals surface area contributed by atoms with Crippen LogP contribution in [-0.4, -0.2) is 49.4 Å². The van der Waals surface area contributed by atoms with Crippen molar-refractivity contribution >= 4 is 32.7 Å². The van der Waals surface area contributed by atoms with Crippen molar-refractivity contribution in [1.29, 1.82) is 5.41 Å². The molecule has 0 spiro atoms. The molecule has 0 fully saturated rings. The second-order valence-corrected chi connectivity index (χ2v) is 9.53. The maximum absolute atomic E-state index is 13.2. The smallest absolute Gasteiger partial charge is 0.243 e. The summed E-state index contributed by atoms with van der Waals surface area (Å²) in [6, 6.07) is 15.3. The van der Waals surface area contributed by atoms with Gasteiger partial charge in [-0.2, -0.15) is 0 Å². The molecule has 9 nitrogen and oxygen atoms in total. The van der Waals surface area contributed by atoms with E-state index in [0.717, 1.165) is 0 Å². The first kappa shape index (κ1) is 24.9. The Morgan fingerprint density at radius 2 is 1.92 bits per heavy atom. The normalized spacial score (nSPS) is 12.0. The molecule has 0 bridgehead atoms. The van der Waals surface area contributed by atoms with E-state index >= 15 is 0 Å². The van der Waals surface area contributed by atoms with Crippen molar-refractivity contribution in [3.05, 3.63) is 83.9 Å². The highest BCUT2D eigenvalue weighted by molar-refractivity contribution is 7.89. The first-order valence-corrected chi connectivity index (χ1v) is 12.2. The molecule has 0 radical (unpaired) electrons. The minimum absolute atomic E-state index is 0.0296. The summed E-state index contributed by atoms with van der Waals surface area (Å²) >= 11 is 0. The summed E-state index contributed by atoms with van der Waals surface area (Å²) in [5, 5.41) is 19.8. The van der Waals surface area contributed by atoms with Crippen LogP contribution in [0, 0.1) is 11.2 Å². The standard InChI is InChI=1S/C25H22FN5O4S/c1-28-20(13-15-8-10-17(26)11-9-15)35-25(27)23-24(32)22-19(7-4-12-30-22)21(31-23)16-5-3-6-18(14-16)36(33,34)29-2/h3-12,14,27,29,32H,13H2,1-2H3. The molecule has 0 atom stereocenters. The van der Waals surface area contributed by atoms with Crippen LogP contribution in [0.25, 0.3) is 22.2 Å². The zero-order chi connectivity index (χ0) is 25.9. The Balaban J connectivity index is 1.76. The van der Waals surface area contributed by atoms with Crippen LogP contribution in [0.15, 0.2) is 76.7 Å². The molecule has 0 aliphatic rings. The zero-order valence-electron chi connectivity index (χ0n) is 19.4. The van der Waals surface area contributed by atoms with Gasteiger partial charge in [-0.25, -0.2) is 22.5 Å². The molecule has 184 valence electrons. The summed E-state index contributed by atoms with van der Waals surface area (Å²) in [6.45, 7) is 0. The van der Waals surface area contributed by atoms with Crippen molar-refractivity contribution in [2.45, 2.75) is 11.3 Å². The monoisotopic (exact) mass is 507 g/mol. The van der Waals surface area contributed by atoms with Gasteiger partial charge < -0.3 is 9.84 Å². The molecule has 0 aliphatic carbocycles. The number of aromatic hydroxyl groups is 1. The summed E-state index contributed by atoms with van der Waals surface area (Å²) in [7, 11) is -0.915. The fourth-order valence-electron chi connectivity index (χ4n) is 3.53. The Labute approximate surface area is 206 Å². The third-order valence-corrected chi connectivity index (χ3v) is 6.79. The van der Waals surface area contributed by atoms with Crippen LogP contribution < -0.4 is 4.72 Å². The predicted molar refractivity (Wildman–Crippen MR) is 134 cm³/mol. The van der Waals surface area contributed by atoms with Gasteiger partial charge in [-0.3, -0.25) is 15.4 Å². The second-order valence-electron chi connectivity index (χ2n) is 7.64. The van der Waals surface area contributed by atoms with Crippen molar-refractivity contribution < 1.29 is 22.7 Å². The quantitative estimate of drug-likeness (QED) is 0.269.